The van der Waals surface area contributed by atoms with E-state index in [0.717, 1.165) is 21.0 Å². The van der Waals surface area contributed by atoms with Crippen molar-refractivity contribution in [3.63, 3.8) is 0 Å². The molecule has 0 bridgehead atoms. The Hall–Kier alpha value is -3.88. The molecule has 0 spiro atoms. The molecule has 0 heterocycles. The molecule has 0 unspecified atom stereocenters. The number of ether oxygens (including phenoxy) is 1. The van der Waals surface area contributed by atoms with E-state index in [1.165, 1.54) is 24.3 Å². The van der Waals surface area contributed by atoms with Crippen LogP contribution in [0.15, 0.2) is 95.9 Å². The zero-order valence-electron chi connectivity index (χ0n) is 21.5. The van der Waals surface area contributed by atoms with Gasteiger partial charge in [-0.05, 0) is 79.1 Å². The summed E-state index contributed by atoms with van der Waals surface area (Å²) < 4.78 is 47.1. The van der Waals surface area contributed by atoms with Gasteiger partial charge in [0.25, 0.3) is 10.0 Å². The van der Waals surface area contributed by atoms with Crippen LogP contribution in [0.1, 0.15) is 22.3 Å². The number of nitrogens with zero attached hydrogens (tertiary/aromatic N) is 1. The fourth-order valence-corrected chi connectivity index (χ4v) is 5.49. The molecule has 0 aliphatic carbocycles. The molecule has 4 aromatic carbocycles. The first kappa shape index (κ1) is 28.1. The zero-order chi connectivity index (χ0) is 28.0. The molecular weight excluding hydrogens is 539 g/mol. The summed E-state index contributed by atoms with van der Waals surface area (Å²) in [6.45, 7) is 3.66. The fraction of sp³-hybridized carbons (Fsp3) is 0.167. The average Bonchev–Trinajstić information content (AvgIpc) is 2.93. The first-order valence-corrected chi connectivity index (χ1v) is 14.0. The summed E-state index contributed by atoms with van der Waals surface area (Å²) >= 11 is 6.28. The van der Waals surface area contributed by atoms with Crippen LogP contribution in [0, 0.1) is 19.7 Å². The van der Waals surface area contributed by atoms with Crippen LogP contribution in [0.2, 0.25) is 5.02 Å². The van der Waals surface area contributed by atoms with Gasteiger partial charge in [0.05, 0.1) is 10.6 Å². The van der Waals surface area contributed by atoms with Gasteiger partial charge >= 0.3 is 0 Å². The highest BCUT2D eigenvalue weighted by Gasteiger charge is 2.28. The molecule has 0 fully saturated rings. The number of carbonyl (C=O) groups excluding carboxylic acids is 1. The lowest BCUT2D eigenvalue weighted by molar-refractivity contribution is -0.119. The Morgan fingerprint density at radius 2 is 1.54 bits per heavy atom. The number of benzene rings is 4. The van der Waals surface area contributed by atoms with Crippen molar-refractivity contribution in [3.8, 4) is 5.75 Å². The molecule has 4 rings (SSSR count). The van der Waals surface area contributed by atoms with E-state index in [1.807, 2.05) is 19.1 Å². The monoisotopic (exact) mass is 566 g/mol. The molecule has 0 saturated heterocycles. The second-order valence-electron chi connectivity index (χ2n) is 9.04. The molecular formula is C30H28ClFN2O4S. The van der Waals surface area contributed by atoms with Gasteiger partial charge in [-0.1, -0.05) is 59.6 Å². The number of anilines is 1. The van der Waals surface area contributed by atoms with Crippen molar-refractivity contribution in [2.24, 2.45) is 0 Å². The minimum absolute atomic E-state index is 0.0801. The lowest BCUT2D eigenvalue weighted by Crippen LogP contribution is -2.41. The summed E-state index contributed by atoms with van der Waals surface area (Å²) in [5, 5.41) is 3.20. The molecule has 1 amide bonds. The number of nitrogens with one attached hydrogen (secondary N) is 1. The van der Waals surface area contributed by atoms with E-state index in [0.29, 0.717) is 28.6 Å². The Balaban J connectivity index is 1.44. The maximum absolute atomic E-state index is 13.6. The van der Waals surface area contributed by atoms with Crippen LogP contribution in [0.4, 0.5) is 10.1 Å². The maximum atomic E-state index is 13.6. The minimum atomic E-state index is -4.05. The maximum Gasteiger partial charge on any atom is 0.264 e. The SMILES string of the molecule is Cc1ccc(S(=O)(=O)N(CC(=O)NCc2ccc(OCc3ccc(F)cc3)cc2)c2cccc(Cl)c2C)cc1. The molecule has 0 atom stereocenters. The van der Waals surface area contributed by atoms with Gasteiger partial charge in [-0.25, -0.2) is 12.8 Å². The summed E-state index contributed by atoms with van der Waals surface area (Å²) in [7, 11) is -4.05. The normalized spacial score (nSPS) is 11.2. The fourth-order valence-electron chi connectivity index (χ4n) is 3.84. The first-order chi connectivity index (χ1) is 18.6. The van der Waals surface area contributed by atoms with Gasteiger partial charge in [0.15, 0.2) is 0 Å². The lowest BCUT2D eigenvalue weighted by Gasteiger charge is -2.26. The third kappa shape index (κ3) is 7.16. The summed E-state index contributed by atoms with van der Waals surface area (Å²) in [6, 6.07) is 24.7. The predicted molar refractivity (Wildman–Crippen MR) is 151 cm³/mol. The van der Waals surface area contributed by atoms with Crippen molar-refractivity contribution in [1.82, 2.24) is 5.32 Å². The number of carbonyl (C=O) groups is 1. The van der Waals surface area contributed by atoms with E-state index >= 15 is 0 Å². The van der Waals surface area contributed by atoms with Gasteiger partial charge in [-0.2, -0.15) is 0 Å². The average molecular weight is 567 g/mol. The highest BCUT2D eigenvalue weighted by atomic mass is 35.5. The van der Waals surface area contributed by atoms with Crippen molar-refractivity contribution in [1.29, 1.82) is 0 Å². The molecule has 0 aliphatic rings. The van der Waals surface area contributed by atoms with Gasteiger partial charge in [0, 0.05) is 11.6 Å². The largest absolute Gasteiger partial charge is 0.489 e. The summed E-state index contributed by atoms with van der Waals surface area (Å²) in [6.07, 6.45) is 0. The summed E-state index contributed by atoms with van der Waals surface area (Å²) in [4.78, 5) is 13.1. The van der Waals surface area contributed by atoms with E-state index in [-0.39, 0.29) is 17.3 Å². The Kier molecular flexibility index (Phi) is 8.89. The Labute approximate surface area is 233 Å². The van der Waals surface area contributed by atoms with Crippen LogP contribution in [0.25, 0.3) is 0 Å². The van der Waals surface area contributed by atoms with Gasteiger partial charge in [0.2, 0.25) is 5.91 Å². The van der Waals surface area contributed by atoms with Crippen molar-refractivity contribution >= 4 is 33.2 Å². The van der Waals surface area contributed by atoms with Crippen LogP contribution < -0.4 is 14.4 Å². The number of amides is 1. The van der Waals surface area contributed by atoms with E-state index in [4.69, 9.17) is 16.3 Å². The molecule has 9 heteroatoms. The van der Waals surface area contributed by atoms with E-state index < -0.39 is 22.5 Å². The number of hydrogen-bond donors (Lipinski definition) is 1. The number of hydrogen-bond acceptors (Lipinski definition) is 4. The standard InChI is InChI=1S/C30H28ClFN2O4S/c1-21-6-16-27(17-7-21)39(36,37)34(29-5-3-4-28(31)22(29)2)19-30(35)33-18-23-10-14-26(15-11-23)38-20-24-8-12-25(32)13-9-24/h3-17H,18-20H2,1-2H3,(H,33,35). The summed E-state index contributed by atoms with van der Waals surface area (Å²) in [5.41, 5.74) is 3.46. The van der Waals surface area contributed by atoms with Crippen LogP contribution in [0.5, 0.6) is 5.75 Å². The molecule has 0 aromatic heterocycles. The molecule has 202 valence electrons. The summed E-state index contributed by atoms with van der Waals surface area (Å²) in [5.74, 6) is -0.147. The van der Waals surface area contributed by atoms with Crippen molar-refractivity contribution < 1.29 is 22.3 Å². The quantitative estimate of drug-likeness (QED) is 0.248. The molecule has 6 nitrogen and oxygen atoms in total. The van der Waals surface area contributed by atoms with E-state index in [2.05, 4.69) is 5.32 Å². The molecule has 4 aromatic rings. The van der Waals surface area contributed by atoms with Gasteiger partial charge < -0.3 is 10.1 Å². The molecule has 0 radical (unpaired) electrons. The second kappa shape index (κ2) is 12.3. The molecule has 0 aliphatic heterocycles. The number of rotatable bonds is 10. The molecule has 0 saturated carbocycles. The number of aryl methyl sites for hydroxylation is 1. The Morgan fingerprint density at radius 3 is 2.21 bits per heavy atom. The van der Waals surface area contributed by atoms with Crippen LogP contribution in [-0.4, -0.2) is 20.9 Å². The highest BCUT2D eigenvalue weighted by molar-refractivity contribution is 7.92. The topological polar surface area (TPSA) is 75.7 Å². The van der Waals surface area contributed by atoms with Gasteiger partial charge in [-0.15, -0.1) is 0 Å². The van der Waals surface area contributed by atoms with E-state index in [1.54, 1.807) is 61.5 Å². The molecule has 1 N–H and O–H groups in total. The zero-order valence-corrected chi connectivity index (χ0v) is 23.1. The first-order valence-electron chi connectivity index (χ1n) is 12.2. The predicted octanol–water partition coefficient (Wildman–Crippen LogP) is 6.19. The third-order valence-electron chi connectivity index (χ3n) is 6.14. The third-order valence-corrected chi connectivity index (χ3v) is 8.32. The highest BCUT2D eigenvalue weighted by Crippen LogP contribution is 2.31. The van der Waals surface area contributed by atoms with Crippen LogP contribution in [0.3, 0.4) is 0 Å². The second-order valence-corrected chi connectivity index (χ2v) is 11.3. The van der Waals surface area contributed by atoms with Crippen molar-refractivity contribution in [3.05, 3.63) is 124 Å². The van der Waals surface area contributed by atoms with Gasteiger partial charge in [-0.3, -0.25) is 9.10 Å². The van der Waals surface area contributed by atoms with Crippen LogP contribution >= 0.6 is 11.6 Å². The lowest BCUT2D eigenvalue weighted by atomic mass is 10.2. The van der Waals surface area contributed by atoms with E-state index in [9.17, 15) is 17.6 Å². The number of sulfonamides is 1. The smallest absolute Gasteiger partial charge is 0.264 e. The van der Waals surface area contributed by atoms with Crippen molar-refractivity contribution in [2.75, 3.05) is 10.8 Å². The van der Waals surface area contributed by atoms with Crippen LogP contribution in [-0.2, 0) is 28.0 Å². The Morgan fingerprint density at radius 1 is 0.897 bits per heavy atom. The van der Waals surface area contributed by atoms with Gasteiger partial charge in [0.1, 0.15) is 24.7 Å². The minimum Gasteiger partial charge on any atom is -0.489 e. The Bertz CT molecular complexity index is 1540. The number of halogens is 2. The molecule has 39 heavy (non-hydrogen) atoms. The van der Waals surface area contributed by atoms with Crippen molar-refractivity contribution in [2.45, 2.75) is 31.9 Å².